The molecule has 0 atom stereocenters. The number of benzene rings is 1. The van der Waals surface area contributed by atoms with Gasteiger partial charge in [0.05, 0.1) is 21.3 Å². The lowest BCUT2D eigenvalue weighted by molar-refractivity contribution is 0.0897. The average Bonchev–Trinajstić information content (AvgIpc) is 2.64. The highest BCUT2D eigenvalue weighted by atomic mass is 16.5. The number of hydrogen-bond acceptors (Lipinski definition) is 5. The van der Waals surface area contributed by atoms with Crippen LogP contribution >= 0.6 is 0 Å². The van der Waals surface area contributed by atoms with Gasteiger partial charge >= 0.3 is 0 Å². The minimum atomic E-state index is -0.0261. The first-order valence-electron chi connectivity index (χ1n) is 8.54. The fraction of sp³-hybridized carbons (Fsp3) is 0.400. The Kier molecular flexibility index (Phi) is 6.83. The van der Waals surface area contributed by atoms with Crippen molar-refractivity contribution in [3.8, 4) is 17.2 Å². The summed E-state index contributed by atoms with van der Waals surface area (Å²) in [5.41, 5.74) is 1.55. The number of pyridine rings is 1. The van der Waals surface area contributed by atoms with Gasteiger partial charge in [-0.1, -0.05) is 12.1 Å². The Morgan fingerprint density at radius 3 is 2.38 bits per heavy atom. The predicted molar refractivity (Wildman–Crippen MR) is 100 cm³/mol. The van der Waals surface area contributed by atoms with Gasteiger partial charge in [0.15, 0.2) is 11.5 Å². The second-order valence-corrected chi connectivity index (χ2v) is 6.04. The molecule has 0 aliphatic rings. The first-order chi connectivity index (χ1) is 12.5. The third kappa shape index (κ3) is 4.45. The molecule has 0 aliphatic heterocycles. The minimum absolute atomic E-state index is 0.0261. The zero-order valence-corrected chi connectivity index (χ0v) is 16.0. The van der Waals surface area contributed by atoms with E-state index in [0.717, 1.165) is 5.56 Å². The maximum Gasteiger partial charge on any atom is 0.232 e. The summed E-state index contributed by atoms with van der Waals surface area (Å²) in [7, 11) is 4.72. The Bertz CT molecular complexity index is 825. The summed E-state index contributed by atoms with van der Waals surface area (Å²) in [4.78, 5) is 17.2. The third-order valence-corrected chi connectivity index (χ3v) is 3.89. The van der Waals surface area contributed by atoms with Crippen molar-refractivity contribution in [3.63, 3.8) is 0 Å². The third-order valence-electron chi connectivity index (χ3n) is 3.89. The van der Waals surface area contributed by atoms with Gasteiger partial charge in [-0.25, -0.2) is 0 Å². The standard InChI is InChI=1S/C20H26N2O4/c1-14(2)21-17-8-6-7-13-22(17)18(23)12-10-15-9-11-16(24-3)20(26-5)19(15)25-4/h6-9,11,13-14H,10,12H2,1-5H3. The van der Waals surface area contributed by atoms with Crippen LogP contribution in [-0.2, 0) is 6.42 Å². The van der Waals surface area contributed by atoms with E-state index in [-0.39, 0.29) is 11.9 Å². The number of aryl methyl sites for hydroxylation is 1. The fourth-order valence-electron chi connectivity index (χ4n) is 2.74. The molecule has 1 aromatic heterocycles. The molecule has 0 saturated heterocycles. The minimum Gasteiger partial charge on any atom is -0.493 e. The van der Waals surface area contributed by atoms with Crippen molar-refractivity contribution in [1.29, 1.82) is 0 Å². The van der Waals surface area contributed by atoms with Crippen LogP contribution in [0.3, 0.4) is 0 Å². The number of aromatic nitrogens is 1. The first kappa shape index (κ1) is 19.6. The van der Waals surface area contributed by atoms with Gasteiger partial charge in [0.25, 0.3) is 0 Å². The number of carbonyl (C=O) groups excluding carboxylic acids is 1. The van der Waals surface area contributed by atoms with E-state index in [2.05, 4.69) is 4.99 Å². The van der Waals surface area contributed by atoms with Crippen LogP contribution < -0.4 is 19.7 Å². The Labute approximate surface area is 154 Å². The molecule has 0 unspecified atom stereocenters. The number of rotatable bonds is 7. The van der Waals surface area contributed by atoms with E-state index in [4.69, 9.17) is 14.2 Å². The van der Waals surface area contributed by atoms with Crippen molar-refractivity contribution in [2.75, 3.05) is 21.3 Å². The van der Waals surface area contributed by atoms with E-state index >= 15 is 0 Å². The second-order valence-electron chi connectivity index (χ2n) is 6.04. The molecule has 6 nitrogen and oxygen atoms in total. The predicted octanol–water partition coefficient (Wildman–Crippen LogP) is 3.10. The normalized spacial score (nSPS) is 11.5. The number of hydrogen-bond donors (Lipinski definition) is 0. The topological polar surface area (TPSA) is 62.1 Å². The van der Waals surface area contributed by atoms with Crippen LogP contribution in [0.1, 0.15) is 30.6 Å². The highest BCUT2D eigenvalue weighted by molar-refractivity contribution is 5.79. The molecule has 1 heterocycles. The first-order valence-corrected chi connectivity index (χ1v) is 8.54. The summed E-state index contributed by atoms with van der Waals surface area (Å²) < 4.78 is 17.8. The van der Waals surface area contributed by atoms with Crippen LogP contribution in [0.4, 0.5) is 0 Å². The molecule has 0 aliphatic carbocycles. The van der Waals surface area contributed by atoms with Gasteiger partial charge in [0, 0.05) is 18.7 Å². The van der Waals surface area contributed by atoms with Gasteiger partial charge < -0.3 is 14.2 Å². The molecule has 0 amide bonds. The molecule has 0 radical (unpaired) electrons. The fourth-order valence-corrected chi connectivity index (χ4v) is 2.74. The van der Waals surface area contributed by atoms with Gasteiger partial charge in [-0.2, -0.15) is 0 Å². The summed E-state index contributed by atoms with van der Waals surface area (Å²) >= 11 is 0. The molecule has 0 bridgehead atoms. The molecule has 6 heteroatoms. The van der Waals surface area contributed by atoms with Crippen LogP contribution in [0, 0.1) is 0 Å². The van der Waals surface area contributed by atoms with E-state index in [0.29, 0.717) is 35.6 Å². The number of carbonyl (C=O) groups is 1. The summed E-state index contributed by atoms with van der Waals surface area (Å²) in [6.45, 7) is 3.96. The SMILES string of the molecule is COc1ccc(CCC(=O)n2ccccc2=NC(C)C)c(OC)c1OC. The molecule has 0 spiro atoms. The van der Waals surface area contributed by atoms with Crippen molar-refractivity contribution in [2.45, 2.75) is 32.7 Å². The zero-order chi connectivity index (χ0) is 19.1. The van der Waals surface area contributed by atoms with Crippen LogP contribution in [0.2, 0.25) is 0 Å². The molecule has 2 aromatic rings. The summed E-state index contributed by atoms with van der Waals surface area (Å²) in [6, 6.07) is 9.37. The van der Waals surface area contributed by atoms with Crippen molar-refractivity contribution >= 4 is 5.91 Å². The molecule has 0 saturated carbocycles. The second kappa shape index (κ2) is 9.08. The Morgan fingerprint density at radius 1 is 1.04 bits per heavy atom. The van der Waals surface area contributed by atoms with Crippen molar-refractivity contribution < 1.29 is 19.0 Å². The molecule has 26 heavy (non-hydrogen) atoms. The highest BCUT2D eigenvalue weighted by Gasteiger charge is 2.17. The molecule has 2 rings (SSSR count). The van der Waals surface area contributed by atoms with E-state index in [1.54, 1.807) is 32.1 Å². The van der Waals surface area contributed by atoms with Crippen LogP contribution in [0.15, 0.2) is 41.5 Å². The maximum atomic E-state index is 12.7. The molecule has 0 N–H and O–H groups in total. The molecular formula is C20H26N2O4. The number of ether oxygens (including phenoxy) is 3. The number of methoxy groups -OCH3 is 3. The zero-order valence-electron chi connectivity index (χ0n) is 16.0. The van der Waals surface area contributed by atoms with Crippen molar-refractivity contribution in [3.05, 3.63) is 47.6 Å². The van der Waals surface area contributed by atoms with E-state index in [1.807, 2.05) is 44.2 Å². The van der Waals surface area contributed by atoms with Gasteiger partial charge in [0.2, 0.25) is 11.7 Å². The monoisotopic (exact) mass is 358 g/mol. The average molecular weight is 358 g/mol. The lowest BCUT2D eigenvalue weighted by Crippen LogP contribution is -2.27. The summed E-state index contributed by atoms with van der Waals surface area (Å²) in [5, 5.41) is 0. The van der Waals surface area contributed by atoms with E-state index < -0.39 is 0 Å². The van der Waals surface area contributed by atoms with E-state index in [1.165, 1.54) is 0 Å². The van der Waals surface area contributed by atoms with Crippen molar-refractivity contribution in [1.82, 2.24) is 4.57 Å². The molecule has 140 valence electrons. The van der Waals surface area contributed by atoms with Crippen LogP contribution in [-0.4, -0.2) is 37.8 Å². The molecular weight excluding hydrogens is 332 g/mol. The Balaban J connectivity index is 2.26. The molecule has 0 fully saturated rings. The highest BCUT2D eigenvalue weighted by Crippen LogP contribution is 2.40. The lowest BCUT2D eigenvalue weighted by atomic mass is 10.1. The van der Waals surface area contributed by atoms with Gasteiger partial charge in [-0.15, -0.1) is 0 Å². The van der Waals surface area contributed by atoms with Gasteiger partial charge in [-0.05, 0) is 44.0 Å². The molecule has 1 aromatic carbocycles. The Hall–Kier alpha value is -2.76. The maximum absolute atomic E-state index is 12.7. The van der Waals surface area contributed by atoms with Gasteiger partial charge in [-0.3, -0.25) is 14.4 Å². The van der Waals surface area contributed by atoms with Crippen LogP contribution in [0.25, 0.3) is 0 Å². The largest absolute Gasteiger partial charge is 0.493 e. The smallest absolute Gasteiger partial charge is 0.232 e. The quantitative estimate of drug-likeness (QED) is 0.763. The summed E-state index contributed by atoms with van der Waals surface area (Å²) in [6.07, 6.45) is 2.59. The van der Waals surface area contributed by atoms with Crippen LogP contribution in [0.5, 0.6) is 17.2 Å². The summed E-state index contributed by atoms with van der Waals surface area (Å²) in [5.74, 6) is 1.68. The van der Waals surface area contributed by atoms with E-state index in [9.17, 15) is 4.79 Å². The number of nitrogens with zero attached hydrogens (tertiary/aromatic N) is 2. The lowest BCUT2D eigenvalue weighted by Gasteiger charge is -2.15. The Morgan fingerprint density at radius 2 is 1.77 bits per heavy atom. The van der Waals surface area contributed by atoms with Crippen molar-refractivity contribution in [2.24, 2.45) is 4.99 Å². The van der Waals surface area contributed by atoms with Gasteiger partial charge in [0.1, 0.15) is 5.49 Å².